The van der Waals surface area contributed by atoms with Crippen molar-refractivity contribution in [3.63, 3.8) is 0 Å². The number of benzene rings is 1. The average Bonchev–Trinajstić information content (AvgIpc) is 3.31. The van der Waals surface area contributed by atoms with Crippen LogP contribution in [-0.2, 0) is 0 Å². The predicted molar refractivity (Wildman–Crippen MR) is 76.8 cm³/mol. The molecule has 1 aliphatic carbocycles. The molecule has 0 spiro atoms. The van der Waals surface area contributed by atoms with E-state index in [-0.39, 0.29) is 0 Å². The quantitative estimate of drug-likeness (QED) is 0.833. The molecule has 0 radical (unpaired) electrons. The molecule has 1 atom stereocenters. The molecule has 4 nitrogen and oxygen atoms in total. The third kappa shape index (κ3) is 2.53. The van der Waals surface area contributed by atoms with Gasteiger partial charge in [0.1, 0.15) is 0 Å². The van der Waals surface area contributed by atoms with E-state index >= 15 is 0 Å². The van der Waals surface area contributed by atoms with E-state index in [1.165, 1.54) is 18.5 Å². The molecule has 0 aromatic heterocycles. The number of anilines is 1. The Balaban J connectivity index is 1.79. The molecule has 3 rings (SSSR count). The van der Waals surface area contributed by atoms with Crippen molar-refractivity contribution in [3.05, 3.63) is 18.2 Å². The summed E-state index contributed by atoms with van der Waals surface area (Å²) >= 11 is 0. The largest absolute Gasteiger partial charge is 0.493 e. The number of ether oxygens (including phenoxy) is 2. The molecule has 0 saturated heterocycles. The van der Waals surface area contributed by atoms with E-state index in [4.69, 9.17) is 9.47 Å². The molecule has 1 unspecified atom stereocenters. The van der Waals surface area contributed by atoms with E-state index in [0.29, 0.717) is 6.04 Å². The van der Waals surface area contributed by atoms with Crippen molar-refractivity contribution in [2.75, 3.05) is 32.2 Å². The van der Waals surface area contributed by atoms with Crippen molar-refractivity contribution in [2.24, 2.45) is 10.9 Å². The maximum atomic E-state index is 5.37. The van der Waals surface area contributed by atoms with Gasteiger partial charge in [0.15, 0.2) is 11.5 Å². The molecule has 1 aliphatic heterocycles. The highest BCUT2D eigenvalue weighted by Gasteiger charge is 2.33. The van der Waals surface area contributed by atoms with Crippen molar-refractivity contribution < 1.29 is 9.47 Å². The molecule has 2 aliphatic rings. The molecule has 1 heterocycles. The van der Waals surface area contributed by atoms with Gasteiger partial charge in [0, 0.05) is 24.5 Å². The summed E-state index contributed by atoms with van der Waals surface area (Å²) in [6.07, 6.45) is 4.72. The molecular formula is C15H20N2O2. The lowest BCUT2D eigenvalue weighted by molar-refractivity contribution is 0.355. The van der Waals surface area contributed by atoms with Crippen molar-refractivity contribution in [3.8, 4) is 11.5 Å². The highest BCUT2D eigenvalue weighted by molar-refractivity contribution is 5.69. The minimum Gasteiger partial charge on any atom is -0.493 e. The summed E-state index contributed by atoms with van der Waals surface area (Å²) in [6.45, 7) is 1.88. The van der Waals surface area contributed by atoms with Crippen LogP contribution < -0.4 is 14.4 Å². The van der Waals surface area contributed by atoms with E-state index in [9.17, 15) is 0 Å². The molecule has 1 aromatic rings. The SMILES string of the molecule is COc1ccc(N2CC=NC(C3CC3)C2)cc1OC. The topological polar surface area (TPSA) is 34.1 Å². The summed E-state index contributed by atoms with van der Waals surface area (Å²) in [5.74, 6) is 2.36. The highest BCUT2D eigenvalue weighted by atomic mass is 16.5. The smallest absolute Gasteiger partial charge is 0.162 e. The van der Waals surface area contributed by atoms with Crippen LogP contribution in [0.3, 0.4) is 0 Å². The standard InChI is InChI=1S/C15H20N2O2/c1-18-14-6-5-12(9-15(14)19-2)17-8-7-16-13(10-17)11-3-4-11/h5-7,9,11,13H,3-4,8,10H2,1-2H3. The third-order valence-corrected chi connectivity index (χ3v) is 3.90. The van der Waals surface area contributed by atoms with Gasteiger partial charge in [-0.15, -0.1) is 0 Å². The van der Waals surface area contributed by atoms with Gasteiger partial charge in [-0.25, -0.2) is 0 Å². The van der Waals surface area contributed by atoms with Gasteiger partial charge in [-0.05, 0) is 30.9 Å². The molecule has 1 fully saturated rings. The fourth-order valence-corrected chi connectivity index (χ4v) is 2.61. The van der Waals surface area contributed by atoms with Crippen molar-refractivity contribution in [1.82, 2.24) is 0 Å². The molecule has 102 valence electrons. The molecule has 0 amide bonds. The van der Waals surface area contributed by atoms with Crippen LogP contribution in [0.15, 0.2) is 23.2 Å². The molecule has 0 bridgehead atoms. The van der Waals surface area contributed by atoms with Crippen LogP contribution >= 0.6 is 0 Å². The third-order valence-electron chi connectivity index (χ3n) is 3.90. The Morgan fingerprint density at radius 3 is 2.63 bits per heavy atom. The van der Waals surface area contributed by atoms with E-state index in [1.807, 2.05) is 18.3 Å². The van der Waals surface area contributed by atoms with Crippen LogP contribution in [0.2, 0.25) is 0 Å². The lowest BCUT2D eigenvalue weighted by Gasteiger charge is -2.30. The molecule has 19 heavy (non-hydrogen) atoms. The Bertz CT molecular complexity index is 483. The van der Waals surface area contributed by atoms with Crippen LogP contribution in [-0.4, -0.2) is 39.6 Å². The Morgan fingerprint density at radius 1 is 1.16 bits per heavy atom. The number of hydrogen-bond donors (Lipinski definition) is 0. The highest BCUT2D eigenvalue weighted by Crippen LogP contribution is 2.37. The van der Waals surface area contributed by atoms with E-state index in [1.54, 1.807) is 14.2 Å². The van der Waals surface area contributed by atoms with Crippen LogP contribution in [0.4, 0.5) is 5.69 Å². The lowest BCUT2D eigenvalue weighted by Crippen LogP contribution is -2.38. The monoisotopic (exact) mass is 260 g/mol. The van der Waals surface area contributed by atoms with E-state index in [0.717, 1.165) is 30.5 Å². The van der Waals surface area contributed by atoms with Gasteiger partial charge >= 0.3 is 0 Å². The molecule has 1 aromatic carbocycles. The normalized spacial score (nSPS) is 22.4. The number of methoxy groups -OCH3 is 2. The second-order valence-corrected chi connectivity index (χ2v) is 5.18. The maximum Gasteiger partial charge on any atom is 0.162 e. The average molecular weight is 260 g/mol. The van der Waals surface area contributed by atoms with Crippen LogP contribution in [0, 0.1) is 5.92 Å². The van der Waals surface area contributed by atoms with Crippen molar-refractivity contribution in [2.45, 2.75) is 18.9 Å². The van der Waals surface area contributed by atoms with Gasteiger partial charge in [-0.3, -0.25) is 4.99 Å². The van der Waals surface area contributed by atoms with E-state index < -0.39 is 0 Å². The minimum atomic E-state index is 0.474. The van der Waals surface area contributed by atoms with E-state index in [2.05, 4.69) is 16.0 Å². The first-order chi connectivity index (χ1) is 9.31. The second-order valence-electron chi connectivity index (χ2n) is 5.18. The molecule has 0 N–H and O–H groups in total. The fraction of sp³-hybridized carbons (Fsp3) is 0.533. The maximum absolute atomic E-state index is 5.37. The van der Waals surface area contributed by atoms with Crippen molar-refractivity contribution >= 4 is 11.9 Å². The van der Waals surface area contributed by atoms with Gasteiger partial charge in [-0.1, -0.05) is 0 Å². The number of rotatable bonds is 4. The Kier molecular flexibility index (Phi) is 3.32. The fourth-order valence-electron chi connectivity index (χ4n) is 2.61. The summed E-state index contributed by atoms with van der Waals surface area (Å²) < 4.78 is 10.6. The van der Waals surface area contributed by atoms with Crippen molar-refractivity contribution in [1.29, 1.82) is 0 Å². The summed E-state index contributed by atoms with van der Waals surface area (Å²) in [5.41, 5.74) is 1.18. The zero-order chi connectivity index (χ0) is 13.2. The Hall–Kier alpha value is -1.71. The van der Waals surface area contributed by atoms with Gasteiger partial charge < -0.3 is 14.4 Å². The summed E-state index contributed by atoms with van der Waals surface area (Å²) in [4.78, 5) is 6.98. The first kappa shape index (κ1) is 12.3. The molecule has 4 heteroatoms. The minimum absolute atomic E-state index is 0.474. The Morgan fingerprint density at radius 2 is 1.95 bits per heavy atom. The van der Waals surface area contributed by atoms with Gasteiger partial charge in [0.2, 0.25) is 0 Å². The van der Waals surface area contributed by atoms with Gasteiger partial charge in [0.05, 0.1) is 26.8 Å². The van der Waals surface area contributed by atoms with Crippen LogP contribution in [0.25, 0.3) is 0 Å². The first-order valence-electron chi connectivity index (χ1n) is 6.80. The van der Waals surface area contributed by atoms with Gasteiger partial charge in [-0.2, -0.15) is 0 Å². The van der Waals surface area contributed by atoms with Gasteiger partial charge in [0.25, 0.3) is 0 Å². The second kappa shape index (κ2) is 5.11. The number of aliphatic imine (C=N–C) groups is 1. The lowest BCUT2D eigenvalue weighted by atomic mass is 10.1. The number of hydrogen-bond acceptors (Lipinski definition) is 4. The predicted octanol–water partition coefficient (Wildman–Crippen LogP) is 2.37. The Labute approximate surface area is 114 Å². The van der Waals surface area contributed by atoms with Crippen LogP contribution in [0.1, 0.15) is 12.8 Å². The first-order valence-corrected chi connectivity index (χ1v) is 6.80. The zero-order valence-corrected chi connectivity index (χ0v) is 11.5. The zero-order valence-electron chi connectivity index (χ0n) is 11.5. The molecular weight excluding hydrogens is 240 g/mol. The van der Waals surface area contributed by atoms with Crippen LogP contribution in [0.5, 0.6) is 11.5 Å². The summed E-state index contributed by atoms with van der Waals surface area (Å²) in [5, 5.41) is 0. The number of nitrogens with zero attached hydrogens (tertiary/aromatic N) is 2. The summed E-state index contributed by atoms with van der Waals surface area (Å²) in [7, 11) is 3.33. The molecule has 1 saturated carbocycles. The summed E-state index contributed by atoms with van der Waals surface area (Å²) in [6, 6.07) is 6.57.